The third kappa shape index (κ3) is 4.99. The van der Waals surface area contributed by atoms with Crippen molar-refractivity contribution in [3.05, 3.63) is 29.8 Å². The van der Waals surface area contributed by atoms with E-state index in [2.05, 4.69) is 22.9 Å². The monoisotopic (exact) mass is 263 g/mol. The number of rotatable bonds is 5. The van der Waals surface area contributed by atoms with E-state index in [1.807, 2.05) is 24.3 Å². The molecular weight excluding hydrogens is 242 g/mol. The molecule has 0 aliphatic carbocycles. The number of imide groups is 1. The molecule has 1 aromatic rings. The van der Waals surface area contributed by atoms with E-state index in [0.717, 1.165) is 18.5 Å². The molecule has 1 aromatic carbocycles. The second kappa shape index (κ2) is 7.41. The summed E-state index contributed by atoms with van der Waals surface area (Å²) >= 11 is 0. The van der Waals surface area contributed by atoms with Gasteiger partial charge in [0.25, 0.3) is 0 Å². The van der Waals surface area contributed by atoms with Gasteiger partial charge in [-0.3, -0.25) is 10.1 Å². The van der Waals surface area contributed by atoms with Gasteiger partial charge in [-0.1, -0.05) is 25.5 Å². The number of benzene rings is 1. The summed E-state index contributed by atoms with van der Waals surface area (Å²) in [5.41, 5.74) is 2.13. The van der Waals surface area contributed by atoms with Gasteiger partial charge >= 0.3 is 6.03 Å². The number of hydrogen-bond acceptors (Lipinski definition) is 3. The minimum Gasteiger partial charge on any atom is -0.374 e. The molecule has 0 saturated carbocycles. The minimum atomic E-state index is -0.503. The second-order valence-corrected chi connectivity index (χ2v) is 4.38. The van der Waals surface area contributed by atoms with Crippen molar-refractivity contribution in [3.8, 4) is 0 Å². The van der Waals surface area contributed by atoms with E-state index >= 15 is 0 Å². The largest absolute Gasteiger partial charge is 0.374 e. The van der Waals surface area contributed by atoms with Crippen molar-refractivity contribution in [2.45, 2.75) is 32.7 Å². The maximum Gasteiger partial charge on any atom is 0.321 e. The van der Waals surface area contributed by atoms with Gasteiger partial charge in [-0.25, -0.2) is 4.79 Å². The first kappa shape index (κ1) is 15.0. The average Bonchev–Trinajstić information content (AvgIpc) is 2.41. The number of hydrogen-bond donors (Lipinski definition) is 3. The Kier molecular flexibility index (Phi) is 5.85. The maximum absolute atomic E-state index is 11.7. The summed E-state index contributed by atoms with van der Waals surface area (Å²) in [7, 11) is 1.47. The highest BCUT2D eigenvalue weighted by molar-refractivity contribution is 5.97. The quantitative estimate of drug-likeness (QED) is 0.760. The van der Waals surface area contributed by atoms with E-state index in [0.29, 0.717) is 0 Å². The van der Waals surface area contributed by atoms with Gasteiger partial charge in [-0.15, -0.1) is 0 Å². The first-order chi connectivity index (χ1) is 9.06. The molecular formula is C14H21N3O2. The normalized spacial score (nSPS) is 11.5. The molecule has 5 nitrogen and oxygen atoms in total. The van der Waals surface area contributed by atoms with Crippen molar-refractivity contribution in [1.29, 1.82) is 0 Å². The first-order valence-corrected chi connectivity index (χ1v) is 6.44. The molecule has 1 unspecified atom stereocenters. The number of carbonyl (C=O) groups excluding carboxylic acids is 2. The summed E-state index contributed by atoms with van der Waals surface area (Å²) in [6, 6.07) is 6.97. The van der Waals surface area contributed by atoms with Gasteiger partial charge in [0.15, 0.2) is 0 Å². The molecule has 1 rings (SSSR count). The smallest absolute Gasteiger partial charge is 0.321 e. The molecule has 5 heteroatoms. The van der Waals surface area contributed by atoms with Crippen LogP contribution in [-0.2, 0) is 11.2 Å². The van der Waals surface area contributed by atoms with Crippen LogP contribution in [0.5, 0.6) is 0 Å². The van der Waals surface area contributed by atoms with Crippen LogP contribution in [0, 0.1) is 0 Å². The molecule has 0 saturated heterocycles. The van der Waals surface area contributed by atoms with Gasteiger partial charge in [0.1, 0.15) is 6.04 Å². The highest BCUT2D eigenvalue weighted by Crippen LogP contribution is 2.12. The molecule has 0 bridgehead atoms. The van der Waals surface area contributed by atoms with Crippen molar-refractivity contribution < 1.29 is 9.59 Å². The maximum atomic E-state index is 11.7. The zero-order valence-electron chi connectivity index (χ0n) is 11.6. The van der Waals surface area contributed by atoms with Gasteiger partial charge in [-0.05, 0) is 31.0 Å². The lowest BCUT2D eigenvalue weighted by atomic mass is 10.1. The molecule has 104 valence electrons. The van der Waals surface area contributed by atoms with Gasteiger partial charge in [0.2, 0.25) is 5.91 Å². The Morgan fingerprint density at radius 2 is 1.84 bits per heavy atom. The van der Waals surface area contributed by atoms with E-state index in [1.165, 1.54) is 12.6 Å². The van der Waals surface area contributed by atoms with Crippen LogP contribution in [0.4, 0.5) is 10.5 Å². The minimum absolute atomic E-state index is 0.364. The number of urea groups is 1. The van der Waals surface area contributed by atoms with Crippen molar-refractivity contribution in [2.24, 2.45) is 0 Å². The predicted molar refractivity (Wildman–Crippen MR) is 76.1 cm³/mol. The fourth-order valence-corrected chi connectivity index (χ4v) is 1.65. The fourth-order valence-electron chi connectivity index (χ4n) is 1.65. The average molecular weight is 263 g/mol. The van der Waals surface area contributed by atoms with E-state index < -0.39 is 12.1 Å². The van der Waals surface area contributed by atoms with Gasteiger partial charge in [0.05, 0.1) is 0 Å². The summed E-state index contributed by atoms with van der Waals surface area (Å²) in [4.78, 5) is 22.7. The van der Waals surface area contributed by atoms with Crippen LogP contribution in [-0.4, -0.2) is 25.0 Å². The summed E-state index contributed by atoms with van der Waals surface area (Å²) in [5.74, 6) is -0.364. The Morgan fingerprint density at radius 3 is 2.37 bits per heavy atom. The summed E-state index contributed by atoms with van der Waals surface area (Å²) < 4.78 is 0. The number of nitrogens with one attached hydrogen (secondary N) is 3. The number of amides is 3. The second-order valence-electron chi connectivity index (χ2n) is 4.38. The van der Waals surface area contributed by atoms with Crippen LogP contribution < -0.4 is 16.0 Å². The highest BCUT2D eigenvalue weighted by atomic mass is 16.2. The third-order valence-electron chi connectivity index (χ3n) is 2.73. The number of carbonyl (C=O) groups is 2. The zero-order chi connectivity index (χ0) is 14.3. The van der Waals surface area contributed by atoms with E-state index in [1.54, 1.807) is 6.92 Å². The summed E-state index contributed by atoms with van der Waals surface area (Å²) in [5, 5.41) is 7.62. The van der Waals surface area contributed by atoms with Gasteiger partial charge in [-0.2, -0.15) is 0 Å². The van der Waals surface area contributed by atoms with Gasteiger partial charge < -0.3 is 10.6 Å². The molecule has 3 amide bonds. The molecule has 0 aliphatic rings. The topological polar surface area (TPSA) is 70.2 Å². The molecule has 0 heterocycles. The van der Waals surface area contributed by atoms with Crippen LogP contribution in [0.1, 0.15) is 25.8 Å². The Hall–Kier alpha value is -2.04. The lowest BCUT2D eigenvalue weighted by Crippen LogP contribution is -2.44. The molecule has 19 heavy (non-hydrogen) atoms. The third-order valence-corrected chi connectivity index (χ3v) is 2.73. The molecule has 0 aliphatic heterocycles. The van der Waals surface area contributed by atoms with Crippen LogP contribution in [0.25, 0.3) is 0 Å². The van der Waals surface area contributed by atoms with Crippen LogP contribution >= 0.6 is 0 Å². The van der Waals surface area contributed by atoms with E-state index in [-0.39, 0.29) is 5.91 Å². The molecule has 3 N–H and O–H groups in total. The van der Waals surface area contributed by atoms with Crippen molar-refractivity contribution in [3.63, 3.8) is 0 Å². The summed E-state index contributed by atoms with van der Waals surface area (Å²) in [6.07, 6.45) is 2.16. The van der Waals surface area contributed by atoms with Crippen LogP contribution in [0.2, 0.25) is 0 Å². The Bertz CT molecular complexity index is 429. The molecule has 0 fully saturated rings. The van der Waals surface area contributed by atoms with Crippen molar-refractivity contribution >= 4 is 17.6 Å². The Balaban J connectivity index is 2.53. The highest BCUT2D eigenvalue weighted by Gasteiger charge is 2.14. The van der Waals surface area contributed by atoms with Gasteiger partial charge in [0, 0.05) is 12.7 Å². The van der Waals surface area contributed by atoms with E-state index in [9.17, 15) is 9.59 Å². The molecule has 0 aromatic heterocycles. The van der Waals surface area contributed by atoms with Crippen molar-refractivity contribution in [2.75, 3.05) is 12.4 Å². The standard InChI is InChI=1S/C14H21N3O2/c1-4-5-11-6-8-12(9-7-11)16-10(2)13(18)17-14(19)15-3/h6-10,16H,4-5H2,1-3H3,(H2,15,17,18,19). The van der Waals surface area contributed by atoms with Crippen LogP contribution in [0.3, 0.4) is 0 Å². The van der Waals surface area contributed by atoms with Crippen molar-refractivity contribution in [1.82, 2.24) is 10.6 Å². The number of anilines is 1. The lowest BCUT2D eigenvalue weighted by molar-refractivity contribution is -0.120. The zero-order valence-corrected chi connectivity index (χ0v) is 11.6. The fraction of sp³-hybridized carbons (Fsp3) is 0.429. The number of aryl methyl sites for hydroxylation is 1. The SMILES string of the molecule is CCCc1ccc(NC(C)C(=O)NC(=O)NC)cc1. The summed E-state index contributed by atoms with van der Waals surface area (Å²) in [6.45, 7) is 3.84. The Morgan fingerprint density at radius 1 is 1.21 bits per heavy atom. The molecule has 1 atom stereocenters. The first-order valence-electron chi connectivity index (χ1n) is 6.44. The van der Waals surface area contributed by atoms with Crippen LogP contribution in [0.15, 0.2) is 24.3 Å². The van der Waals surface area contributed by atoms with E-state index in [4.69, 9.17) is 0 Å². The molecule has 0 radical (unpaired) electrons. The predicted octanol–water partition coefficient (Wildman–Crippen LogP) is 1.90. The lowest BCUT2D eigenvalue weighted by Gasteiger charge is -2.14. The molecule has 0 spiro atoms. The Labute approximate surface area is 113 Å².